The number of carbonyl (C=O) groups is 2. The molecule has 160 valence electrons. The second-order valence-electron chi connectivity index (χ2n) is 7.85. The summed E-state index contributed by atoms with van der Waals surface area (Å²) >= 11 is 0. The van der Waals surface area contributed by atoms with E-state index in [2.05, 4.69) is 9.80 Å². The Bertz CT molecular complexity index is 639. The van der Waals surface area contributed by atoms with Crippen LogP contribution in [0.15, 0.2) is 30.3 Å². The van der Waals surface area contributed by atoms with E-state index in [4.69, 9.17) is 9.47 Å². The molecule has 2 aliphatic rings. The molecule has 29 heavy (non-hydrogen) atoms. The molecule has 0 N–H and O–H groups in total. The van der Waals surface area contributed by atoms with Crippen molar-refractivity contribution < 1.29 is 19.1 Å². The molecule has 0 unspecified atom stereocenters. The maximum atomic E-state index is 12.3. The van der Waals surface area contributed by atoms with Crippen molar-refractivity contribution >= 4 is 12.1 Å². The third-order valence-electron chi connectivity index (χ3n) is 5.72. The number of likely N-dealkylation sites (tertiary alicyclic amines) is 1. The van der Waals surface area contributed by atoms with Crippen LogP contribution in [0.2, 0.25) is 0 Å². The van der Waals surface area contributed by atoms with Crippen molar-refractivity contribution in [3.63, 3.8) is 0 Å². The Kier molecular flexibility index (Phi) is 8.31. The minimum atomic E-state index is -0.222. The average Bonchev–Trinajstić information content (AvgIpc) is 2.75. The summed E-state index contributed by atoms with van der Waals surface area (Å²) in [4.78, 5) is 30.3. The highest BCUT2D eigenvalue weighted by atomic mass is 16.6. The number of ether oxygens (including phenoxy) is 2. The van der Waals surface area contributed by atoms with E-state index in [0.717, 1.165) is 64.2 Å². The van der Waals surface area contributed by atoms with Gasteiger partial charge in [-0.3, -0.25) is 14.6 Å². The predicted octanol–water partition coefficient (Wildman–Crippen LogP) is 2.22. The van der Waals surface area contributed by atoms with Crippen LogP contribution in [0, 0.1) is 5.92 Å². The zero-order chi connectivity index (χ0) is 20.5. The van der Waals surface area contributed by atoms with Gasteiger partial charge in [0.2, 0.25) is 0 Å². The quantitative estimate of drug-likeness (QED) is 0.651. The molecule has 1 aromatic rings. The second-order valence-corrected chi connectivity index (χ2v) is 7.85. The molecule has 2 fully saturated rings. The smallest absolute Gasteiger partial charge is 0.410 e. The number of piperidine rings is 1. The number of carbonyl (C=O) groups excluding carboxylic acids is 2. The van der Waals surface area contributed by atoms with Crippen LogP contribution in [0.25, 0.3) is 0 Å². The van der Waals surface area contributed by atoms with E-state index in [9.17, 15) is 9.59 Å². The van der Waals surface area contributed by atoms with Crippen molar-refractivity contribution in [3.05, 3.63) is 35.9 Å². The zero-order valence-corrected chi connectivity index (χ0v) is 17.4. The van der Waals surface area contributed by atoms with Crippen molar-refractivity contribution in [2.45, 2.75) is 26.4 Å². The molecule has 3 rings (SSSR count). The van der Waals surface area contributed by atoms with Gasteiger partial charge in [-0.2, -0.15) is 0 Å². The number of amides is 1. The lowest BCUT2D eigenvalue weighted by Gasteiger charge is -2.38. The van der Waals surface area contributed by atoms with Crippen LogP contribution in [0.1, 0.15) is 25.3 Å². The second kappa shape index (κ2) is 11.2. The minimum absolute atomic E-state index is 0.124. The molecule has 2 heterocycles. The van der Waals surface area contributed by atoms with Crippen LogP contribution in [-0.4, -0.2) is 85.7 Å². The minimum Gasteiger partial charge on any atom is -0.465 e. The van der Waals surface area contributed by atoms with Crippen LogP contribution in [0.4, 0.5) is 4.79 Å². The molecule has 1 aromatic carbocycles. The number of esters is 1. The van der Waals surface area contributed by atoms with Crippen LogP contribution in [0.5, 0.6) is 0 Å². The average molecular weight is 404 g/mol. The Morgan fingerprint density at radius 3 is 2.28 bits per heavy atom. The first kappa shape index (κ1) is 21.6. The van der Waals surface area contributed by atoms with Crippen molar-refractivity contribution in [1.82, 2.24) is 14.7 Å². The highest BCUT2D eigenvalue weighted by Gasteiger charge is 2.26. The molecule has 0 atom stereocenters. The molecule has 0 aliphatic carbocycles. The van der Waals surface area contributed by atoms with Gasteiger partial charge in [0.1, 0.15) is 6.61 Å². The molecule has 7 nitrogen and oxygen atoms in total. The van der Waals surface area contributed by atoms with E-state index in [-0.39, 0.29) is 12.1 Å². The largest absolute Gasteiger partial charge is 0.465 e. The van der Waals surface area contributed by atoms with Crippen LogP contribution < -0.4 is 0 Å². The van der Waals surface area contributed by atoms with E-state index in [1.54, 1.807) is 4.90 Å². The summed E-state index contributed by atoms with van der Waals surface area (Å²) in [7, 11) is 0. The normalized spacial score (nSPS) is 19.1. The van der Waals surface area contributed by atoms with Gasteiger partial charge in [0.15, 0.2) is 0 Å². The molecule has 2 aliphatic heterocycles. The van der Waals surface area contributed by atoms with Crippen LogP contribution >= 0.6 is 0 Å². The maximum Gasteiger partial charge on any atom is 0.410 e. The van der Waals surface area contributed by atoms with Crippen LogP contribution in [0.3, 0.4) is 0 Å². The van der Waals surface area contributed by atoms with Gasteiger partial charge in [0, 0.05) is 32.7 Å². The first-order chi connectivity index (χ1) is 14.1. The topological polar surface area (TPSA) is 62.3 Å². The Labute approximate surface area is 173 Å². The zero-order valence-electron chi connectivity index (χ0n) is 17.4. The number of piperazine rings is 1. The standard InChI is InChI=1S/C22H33N3O4/c1-2-28-21(26)17-23-10-8-19(9-11-23)16-24-12-14-25(15-13-24)22(27)29-18-20-6-4-3-5-7-20/h3-7,19H,2,8-18H2,1H3. The van der Waals surface area contributed by atoms with Gasteiger partial charge < -0.3 is 14.4 Å². The SMILES string of the molecule is CCOC(=O)CN1CCC(CN2CCN(C(=O)OCc3ccccc3)CC2)CC1. The molecular weight excluding hydrogens is 370 g/mol. The molecule has 0 radical (unpaired) electrons. The molecule has 0 saturated carbocycles. The van der Waals surface area contributed by atoms with Gasteiger partial charge in [-0.05, 0) is 44.3 Å². The molecule has 0 aromatic heterocycles. The maximum absolute atomic E-state index is 12.3. The van der Waals surface area contributed by atoms with Crippen molar-refractivity contribution in [3.8, 4) is 0 Å². The lowest BCUT2D eigenvalue weighted by molar-refractivity contribution is -0.144. The summed E-state index contributed by atoms with van der Waals surface area (Å²) in [6, 6.07) is 9.77. The Hall–Kier alpha value is -2.12. The number of hydrogen-bond acceptors (Lipinski definition) is 6. The van der Waals surface area contributed by atoms with E-state index < -0.39 is 0 Å². The Morgan fingerprint density at radius 2 is 1.62 bits per heavy atom. The molecule has 1 amide bonds. The number of benzene rings is 1. The van der Waals surface area contributed by atoms with Crippen molar-refractivity contribution in [2.75, 3.05) is 59.0 Å². The van der Waals surface area contributed by atoms with Crippen LogP contribution in [-0.2, 0) is 20.9 Å². The van der Waals surface area contributed by atoms with Gasteiger partial charge in [-0.1, -0.05) is 30.3 Å². The lowest BCUT2D eigenvalue weighted by Crippen LogP contribution is -2.50. The summed E-state index contributed by atoms with van der Waals surface area (Å²) < 4.78 is 10.5. The Balaban J connectivity index is 1.31. The van der Waals surface area contributed by atoms with Gasteiger partial charge >= 0.3 is 12.1 Å². The molecule has 7 heteroatoms. The van der Waals surface area contributed by atoms with Gasteiger partial charge in [0.25, 0.3) is 0 Å². The predicted molar refractivity (Wildman–Crippen MR) is 110 cm³/mol. The van der Waals surface area contributed by atoms with E-state index >= 15 is 0 Å². The summed E-state index contributed by atoms with van der Waals surface area (Å²) in [5.41, 5.74) is 1.01. The summed E-state index contributed by atoms with van der Waals surface area (Å²) in [5, 5.41) is 0. The fraction of sp³-hybridized carbons (Fsp3) is 0.636. The lowest BCUT2D eigenvalue weighted by atomic mass is 9.96. The van der Waals surface area contributed by atoms with E-state index in [0.29, 0.717) is 25.7 Å². The summed E-state index contributed by atoms with van der Waals surface area (Å²) in [5.74, 6) is 0.534. The third kappa shape index (κ3) is 7.01. The van der Waals surface area contributed by atoms with E-state index in [1.165, 1.54) is 0 Å². The highest BCUT2D eigenvalue weighted by Crippen LogP contribution is 2.19. The first-order valence-corrected chi connectivity index (χ1v) is 10.7. The number of rotatable bonds is 7. The highest BCUT2D eigenvalue weighted by molar-refractivity contribution is 5.71. The fourth-order valence-electron chi connectivity index (χ4n) is 4.01. The van der Waals surface area contributed by atoms with Crippen molar-refractivity contribution in [2.24, 2.45) is 5.92 Å². The first-order valence-electron chi connectivity index (χ1n) is 10.7. The van der Waals surface area contributed by atoms with Gasteiger partial charge in [-0.15, -0.1) is 0 Å². The number of nitrogens with zero attached hydrogens (tertiary/aromatic N) is 3. The molecule has 0 bridgehead atoms. The fourth-order valence-corrected chi connectivity index (χ4v) is 4.01. The van der Waals surface area contributed by atoms with E-state index in [1.807, 2.05) is 37.3 Å². The van der Waals surface area contributed by atoms with Gasteiger partial charge in [-0.25, -0.2) is 4.79 Å². The summed E-state index contributed by atoms with van der Waals surface area (Å²) in [6.07, 6.45) is 2.00. The molecule has 0 spiro atoms. The third-order valence-corrected chi connectivity index (χ3v) is 5.72. The Morgan fingerprint density at radius 1 is 0.931 bits per heavy atom. The van der Waals surface area contributed by atoms with Gasteiger partial charge in [0.05, 0.1) is 13.2 Å². The summed E-state index contributed by atoms with van der Waals surface area (Å²) in [6.45, 7) is 9.21. The van der Waals surface area contributed by atoms with Crippen molar-refractivity contribution in [1.29, 1.82) is 0 Å². The monoisotopic (exact) mass is 403 g/mol. The number of hydrogen-bond donors (Lipinski definition) is 0. The molecule has 2 saturated heterocycles. The molecular formula is C22H33N3O4.